The Kier molecular flexibility index (Phi) is 7.67. The summed E-state index contributed by atoms with van der Waals surface area (Å²) in [4.78, 5) is 2.47. The van der Waals surface area contributed by atoms with Crippen molar-refractivity contribution in [1.29, 1.82) is 0 Å². The zero-order chi connectivity index (χ0) is 44.6. The van der Waals surface area contributed by atoms with Crippen molar-refractivity contribution < 1.29 is 4.74 Å². The third-order valence-electron chi connectivity index (χ3n) is 15.5. The maximum absolute atomic E-state index is 7.01. The molecular weight excluding hydrogens is 823 g/mol. The second kappa shape index (κ2) is 13.9. The summed E-state index contributed by atoms with van der Waals surface area (Å²) in [7, 11) is 0. The predicted molar refractivity (Wildman–Crippen MR) is 278 cm³/mol. The lowest BCUT2D eigenvalue weighted by molar-refractivity contribution is 0.436. The first-order chi connectivity index (χ1) is 33.7. The number of hydrogen-bond acceptors (Lipinski definition) is 2. The van der Waals surface area contributed by atoms with Gasteiger partial charge in [0.2, 0.25) is 0 Å². The topological polar surface area (TPSA) is 12.5 Å². The molecule has 0 radical (unpaired) electrons. The standard InChI is InChI=1S/C66H41NO/c1-2-18-46(19-3-1)67(47-33-35-53-51-22-8-12-26-57(51)65(61(53)40-47)55-24-10-6-20-49(55)50-21-7-11-25-56(50)65)48-34-36-54-52-23-9-13-27-58(52)66(62(54)41-48)59-28-14-15-29-63(59)68-64-39-45(32-37-60(64)66)44-31-30-42-16-4-5-17-43(42)38-44/h1-41H. The first-order valence-electron chi connectivity index (χ1n) is 23.7. The predicted octanol–water partition coefficient (Wildman–Crippen LogP) is 16.8. The van der Waals surface area contributed by atoms with Gasteiger partial charge in [-0.3, -0.25) is 0 Å². The molecule has 2 nitrogen and oxygen atoms in total. The van der Waals surface area contributed by atoms with E-state index in [-0.39, 0.29) is 0 Å². The Morgan fingerprint density at radius 2 is 0.676 bits per heavy atom. The van der Waals surface area contributed by atoms with Crippen molar-refractivity contribution in [3.05, 3.63) is 293 Å². The highest BCUT2D eigenvalue weighted by Gasteiger charge is 2.53. The molecule has 2 heteroatoms. The first-order valence-corrected chi connectivity index (χ1v) is 23.7. The molecule has 4 aliphatic rings. The van der Waals surface area contributed by atoms with Crippen molar-refractivity contribution in [2.75, 3.05) is 4.90 Å². The van der Waals surface area contributed by atoms with Crippen LogP contribution in [0.4, 0.5) is 17.1 Å². The van der Waals surface area contributed by atoms with Crippen molar-refractivity contribution in [1.82, 2.24) is 0 Å². The summed E-state index contributed by atoms with van der Waals surface area (Å²) in [5.74, 6) is 1.76. The Labute approximate surface area is 395 Å². The van der Waals surface area contributed by atoms with Crippen LogP contribution in [0.5, 0.6) is 11.5 Å². The van der Waals surface area contributed by atoms with E-state index >= 15 is 0 Å². The highest BCUT2D eigenvalue weighted by Crippen LogP contribution is 2.65. The third-order valence-corrected chi connectivity index (χ3v) is 15.5. The van der Waals surface area contributed by atoms with E-state index in [4.69, 9.17) is 4.74 Å². The van der Waals surface area contributed by atoms with E-state index in [0.29, 0.717) is 0 Å². The van der Waals surface area contributed by atoms with E-state index in [1.807, 2.05) is 0 Å². The van der Waals surface area contributed by atoms with Crippen LogP contribution >= 0.6 is 0 Å². The fourth-order valence-corrected chi connectivity index (χ4v) is 12.8. The molecule has 1 heterocycles. The second-order valence-electron chi connectivity index (χ2n) is 18.7. The highest BCUT2D eigenvalue weighted by atomic mass is 16.5. The summed E-state index contributed by atoms with van der Waals surface area (Å²) in [6.07, 6.45) is 0. The minimum atomic E-state index is -0.642. The van der Waals surface area contributed by atoms with Crippen LogP contribution in [0, 0.1) is 0 Å². The van der Waals surface area contributed by atoms with E-state index in [0.717, 1.165) is 45.3 Å². The quantitative estimate of drug-likeness (QED) is 0.175. The van der Waals surface area contributed by atoms with Gasteiger partial charge in [-0.25, -0.2) is 0 Å². The van der Waals surface area contributed by atoms with Crippen LogP contribution in [0.3, 0.4) is 0 Å². The van der Waals surface area contributed by atoms with Gasteiger partial charge in [-0.15, -0.1) is 0 Å². The van der Waals surface area contributed by atoms with Gasteiger partial charge in [-0.1, -0.05) is 194 Å². The van der Waals surface area contributed by atoms with Gasteiger partial charge in [-0.05, 0) is 143 Å². The molecule has 0 saturated heterocycles. The van der Waals surface area contributed by atoms with Gasteiger partial charge < -0.3 is 9.64 Å². The van der Waals surface area contributed by atoms with E-state index in [1.165, 1.54) is 83.1 Å². The van der Waals surface area contributed by atoms with Crippen molar-refractivity contribution in [2.24, 2.45) is 0 Å². The summed E-state index contributed by atoms with van der Waals surface area (Å²) in [6.45, 7) is 0. The molecule has 0 amide bonds. The van der Waals surface area contributed by atoms with Gasteiger partial charge in [0.15, 0.2) is 0 Å². The molecule has 1 unspecified atom stereocenters. The zero-order valence-corrected chi connectivity index (χ0v) is 37.0. The largest absolute Gasteiger partial charge is 0.457 e. The molecular formula is C66H41NO. The summed E-state index contributed by atoms with van der Waals surface area (Å²) in [6, 6.07) is 92.3. The normalized spacial score (nSPS) is 15.6. The summed E-state index contributed by atoms with van der Waals surface area (Å²) in [5.41, 5.74) is 22.3. The van der Waals surface area contributed by atoms with Crippen LogP contribution in [0.15, 0.2) is 249 Å². The minimum absolute atomic E-state index is 0.456. The molecule has 3 aliphatic carbocycles. The summed E-state index contributed by atoms with van der Waals surface area (Å²) < 4.78 is 7.01. The van der Waals surface area contributed by atoms with Gasteiger partial charge in [-0.2, -0.15) is 0 Å². The fraction of sp³-hybridized carbons (Fsp3) is 0.0303. The van der Waals surface area contributed by atoms with Gasteiger partial charge in [0, 0.05) is 28.2 Å². The number of nitrogens with zero attached hydrogens (tertiary/aromatic N) is 1. The maximum Gasteiger partial charge on any atom is 0.132 e. The van der Waals surface area contributed by atoms with Crippen molar-refractivity contribution >= 4 is 27.8 Å². The smallest absolute Gasteiger partial charge is 0.132 e. The van der Waals surface area contributed by atoms with Gasteiger partial charge >= 0.3 is 0 Å². The minimum Gasteiger partial charge on any atom is -0.457 e. The van der Waals surface area contributed by atoms with E-state index in [9.17, 15) is 0 Å². The van der Waals surface area contributed by atoms with Crippen molar-refractivity contribution in [3.63, 3.8) is 0 Å². The average molecular weight is 864 g/mol. The van der Waals surface area contributed by atoms with Crippen molar-refractivity contribution in [3.8, 4) is 56.0 Å². The molecule has 1 atom stereocenters. The van der Waals surface area contributed by atoms with E-state index in [1.54, 1.807) is 0 Å². The van der Waals surface area contributed by atoms with Gasteiger partial charge in [0.05, 0.1) is 10.8 Å². The van der Waals surface area contributed by atoms with Crippen molar-refractivity contribution in [2.45, 2.75) is 10.8 Å². The number of hydrogen-bond donors (Lipinski definition) is 0. The molecule has 316 valence electrons. The number of fused-ring (bicyclic) bond motifs is 20. The molecule has 2 spiro atoms. The molecule has 0 aromatic heterocycles. The monoisotopic (exact) mass is 863 g/mol. The zero-order valence-electron chi connectivity index (χ0n) is 37.0. The lowest BCUT2D eigenvalue weighted by Crippen LogP contribution is -2.32. The number of anilines is 3. The molecule has 11 aromatic carbocycles. The summed E-state index contributed by atoms with van der Waals surface area (Å²) in [5, 5.41) is 2.46. The summed E-state index contributed by atoms with van der Waals surface area (Å²) >= 11 is 0. The fourth-order valence-electron chi connectivity index (χ4n) is 12.8. The van der Waals surface area contributed by atoms with Crippen LogP contribution in [-0.4, -0.2) is 0 Å². The van der Waals surface area contributed by atoms with Gasteiger partial charge in [0.1, 0.15) is 11.5 Å². The maximum atomic E-state index is 7.01. The molecule has 0 fully saturated rings. The average Bonchev–Trinajstić information content (AvgIpc) is 3.99. The Morgan fingerprint density at radius 3 is 1.26 bits per heavy atom. The van der Waals surface area contributed by atoms with E-state index < -0.39 is 10.8 Å². The Bertz CT molecular complexity index is 3860. The number of ether oxygens (including phenoxy) is 1. The lowest BCUT2D eigenvalue weighted by Gasteiger charge is -2.40. The van der Waals surface area contributed by atoms with Crippen LogP contribution in [-0.2, 0) is 10.8 Å². The molecule has 1 aliphatic heterocycles. The first kappa shape index (κ1) is 37.5. The molecule has 15 rings (SSSR count). The second-order valence-corrected chi connectivity index (χ2v) is 18.7. The number of rotatable bonds is 4. The number of para-hydroxylation sites is 2. The molecule has 68 heavy (non-hydrogen) atoms. The van der Waals surface area contributed by atoms with Crippen LogP contribution in [0.2, 0.25) is 0 Å². The SMILES string of the molecule is c1ccc(N(c2ccc3c(c2)C2(c4ccccc4Oc4cc(-c5ccc6ccccc6c5)ccc42)c2ccccc2-3)c2ccc3c(c2)C2(c4ccccc4-c4ccccc42)c2ccccc2-3)cc1. The molecule has 0 saturated carbocycles. The van der Waals surface area contributed by atoms with Crippen LogP contribution in [0.1, 0.15) is 44.5 Å². The third kappa shape index (κ3) is 4.86. The molecule has 0 N–H and O–H groups in total. The Morgan fingerprint density at radius 1 is 0.250 bits per heavy atom. The highest BCUT2D eigenvalue weighted by molar-refractivity contribution is 5.97. The Hall–Kier alpha value is -8.72. The van der Waals surface area contributed by atoms with E-state index in [2.05, 4.69) is 254 Å². The molecule has 11 aromatic rings. The lowest BCUT2D eigenvalue weighted by atomic mass is 9.66. The molecule has 0 bridgehead atoms. The van der Waals surface area contributed by atoms with Gasteiger partial charge in [0.25, 0.3) is 0 Å². The van der Waals surface area contributed by atoms with Crippen LogP contribution < -0.4 is 9.64 Å². The number of benzene rings is 11. The Balaban J connectivity index is 0.962. The van der Waals surface area contributed by atoms with Crippen LogP contribution in [0.25, 0.3) is 55.3 Å².